The van der Waals surface area contributed by atoms with E-state index in [1.54, 1.807) is 0 Å². The molecular formula is C23H25NO6. The van der Waals surface area contributed by atoms with Crippen molar-refractivity contribution in [3.63, 3.8) is 0 Å². The van der Waals surface area contributed by atoms with E-state index in [0.29, 0.717) is 19.4 Å². The van der Waals surface area contributed by atoms with Crippen molar-refractivity contribution in [3.05, 3.63) is 71.8 Å². The Bertz CT molecular complexity index is 855. The lowest BCUT2D eigenvalue weighted by Crippen LogP contribution is -2.44. The van der Waals surface area contributed by atoms with Gasteiger partial charge in [0.25, 0.3) is 0 Å². The smallest absolute Gasteiger partial charge is 0.411 e. The van der Waals surface area contributed by atoms with E-state index in [-0.39, 0.29) is 13.0 Å². The maximum atomic E-state index is 12.7. The fourth-order valence-electron chi connectivity index (χ4n) is 3.38. The molecule has 2 atom stereocenters. The van der Waals surface area contributed by atoms with Gasteiger partial charge in [0.2, 0.25) is 6.10 Å². The van der Waals surface area contributed by atoms with Crippen LogP contribution in [-0.2, 0) is 36.8 Å². The van der Waals surface area contributed by atoms with Crippen molar-refractivity contribution in [3.8, 4) is 0 Å². The summed E-state index contributed by atoms with van der Waals surface area (Å²) in [6.07, 6.45) is -0.500. The summed E-state index contributed by atoms with van der Waals surface area (Å²) >= 11 is 0. The van der Waals surface area contributed by atoms with Gasteiger partial charge in [-0.25, -0.2) is 14.4 Å². The van der Waals surface area contributed by atoms with Crippen LogP contribution >= 0.6 is 0 Å². The predicted molar refractivity (Wildman–Crippen MR) is 108 cm³/mol. The van der Waals surface area contributed by atoms with E-state index in [2.05, 4.69) is 0 Å². The highest BCUT2D eigenvalue weighted by Crippen LogP contribution is 2.21. The Labute approximate surface area is 175 Å². The summed E-state index contributed by atoms with van der Waals surface area (Å²) in [7, 11) is 1.28. The van der Waals surface area contributed by atoms with Crippen LogP contribution in [0, 0.1) is 0 Å². The molecule has 0 aromatic heterocycles. The number of esters is 2. The number of amides is 1. The normalized spacial score (nSPS) is 16.6. The molecule has 0 spiro atoms. The van der Waals surface area contributed by atoms with Crippen LogP contribution in [0.1, 0.15) is 24.0 Å². The third-order valence-corrected chi connectivity index (χ3v) is 4.95. The SMILES string of the molecule is COC(=O)[C@@H]1CCCN1C(=O)OC(Cc1ccccc1)C(=O)OCc1ccccc1. The fourth-order valence-corrected chi connectivity index (χ4v) is 3.38. The van der Waals surface area contributed by atoms with E-state index in [0.717, 1.165) is 11.1 Å². The first-order chi connectivity index (χ1) is 14.6. The first kappa shape index (κ1) is 21.4. The number of hydrogen-bond acceptors (Lipinski definition) is 6. The summed E-state index contributed by atoms with van der Waals surface area (Å²) in [6.45, 7) is 0.451. The maximum absolute atomic E-state index is 12.7. The van der Waals surface area contributed by atoms with Gasteiger partial charge in [-0.2, -0.15) is 0 Å². The quantitative estimate of drug-likeness (QED) is 0.514. The van der Waals surface area contributed by atoms with Crippen LogP contribution in [0.15, 0.2) is 60.7 Å². The second-order valence-electron chi connectivity index (χ2n) is 7.03. The highest BCUT2D eigenvalue weighted by Gasteiger charge is 2.38. The van der Waals surface area contributed by atoms with Crippen LogP contribution in [0.4, 0.5) is 4.79 Å². The largest absolute Gasteiger partial charge is 0.467 e. The zero-order valence-electron chi connectivity index (χ0n) is 16.9. The summed E-state index contributed by atoms with van der Waals surface area (Å²) in [5, 5.41) is 0. The molecule has 0 bridgehead atoms. The highest BCUT2D eigenvalue weighted by atomic mass is 16.6. The summed E-state index contributed by atoms with van der Waals surface area (Å²) in [5.41, 5.74) is 1.67. The van der Waals surface area contributed by atoms with Crippen LogP contribution in [0.25, 0.3) is 0 Å². The molecule has 30 heavy (non-hydrogen) atoms. The van der Waals surface area contributed by atoms with Gasteiger partial charge < -0.3 is 14.2 Å². The Morgan fingerprint density at radius 1 is 1.00 bits per heavy atom. The molecule has 7 heteroatoms. The molecule has 2 aromatic rings. The third-order valence-electron chi connectivity index (χ3n) is 4.95. The minimum Gasteiger partial charge on any atom is -0.467 e. The van der Waals surface area contributed by atoms with Crippen LogP contribution in [-0.4, -0.2) is 48.7 Å². The van der Waals surface area contributed by atoms with Gasteiger partial charge in [0.15, 0.2) is 0 Å². The van der Waals surface area contributed by atoms with Crippen LogP contribution in [0.2, 0.25) is 0 Å². The van der Waals surface area contributed by atoms with Crippen LogP contribution < -0.4 is 0 Å². The van der Waals surface area contributed by atoms with Gasteiger partial charge in [-0.15, -0.1) is 0 Å². The second kappa shape index (κ2) is 10.4. The summed E-state index contributed by atoms with van der Waals surface area (Å²) in [4.78, 5) is 38.7. The van der Waals surface area contributed by atoms with Gasteiger partial charge in [-0.05, 0) is 24.0 Å². The Morgan fingerprint density at radius 2 is 1.63 bits per heavy atom. The molecule has 1 aliphatic rings. The van der Waals surface area contributed by atoms with Crippen molar-refractivity contribution >= 4 is 18.0 Å². The first-order valence-corrected chi connectivity index (χ1v) is 9.88. The first-order valence-electron chi connectivity index (χ1n) is 9.88. The number of likely N-dealkylation sites (tertiary alicyclic amines) is 1. The zero-order chi connectivity index (χ0) is 21.3. The molecule has 0 N–H and O–H groups in total. The predicted octanol–water partition coefficient (Wildman–Crippen LogP) is 3.12. The van der Waals surface area contributed by atoms with Crippen molar-refractivity contribution in [2.45, 2.75) is 38.0 Å². The highest BCUT2D eigenvalue weighted by molar-refractivity contribution is 5.84. The van der Waals surface area contributed by atoms with E-state index in [9.17, 15) is 14.4 Å². The number of methoxy groups -OCH3 is 1. The number of rotatable bonds is 7. The number of ether oxygens (including phenoxy) is 3. The third kappa shape index (κ3) is 5.59. The summed E-state index contributed by atoms with van der Waals surface area (Å²) in [5.74, 6) is -1.12. The van der Waals surface area contributed by atoms with Crippen molar-refractivity contribution in [1.82, 2.24) is 4.90 Å². The number of benzene rings is 2. The molecule has 0 aliphatic carbocycles. The molecule has 0 radical (unpaired) electrons. The van der Waals surface area contributed by atoms with Gasteiger partial charge >= 0.3 is 18.0 Å². The monoisotopic (exact) mass is 411 g/mol. The Hall–Kier alpha value is -3.35. The Morgan fingerprint density at radius 3 is 2.27 bits per heavy atom. The van der Waals surface area contributed by atoms with Crippen molar-refractivity contribution < 1.29 is 28.6 Å². The fraction of sp³-hybridized carbons (Fsp3) is 0.348. The number of carbonyl (C=O) groups excluding carboxylic acids is 3. The molecule has 2 aromatic carbocycles. The van der Waals surface area contributed by atoms with Gasteiger partial charge in [0.1, 0.15) is 12.6 Å². The number of nitrogens with zero attached hydrogens (tertiary/aromatic N) is 1. The van der Waals surface area contributed by atoms with Crippen molar-refractivity contribution in [2.75, 3.05) is 13.7 Å². The molecular weight excluding hydrogens is 386 g/mol. The van der Waals surface area contributed by atoms with Gasteiger partial charge in [-0.3, -0.25) is 4.90 Å². The topological polar surface area (TPSA) is 82.1 Å². The summed E-state index contributed by atoms with van der Waals surface area (Å²) in [6, 6.07) is 17.8. The van der Waals surface area contributed by atoms with E-state index in [4.69, 9.17) is 14.2 Å². The van der Waals surface area contributed by atoms with Gasteiger partial charge in [-0.1, -0.05) is 60.7 Å². The zero-order valence-corrected chi connectivity index (χ0v) is 16.9. The lowest BCUT2D eigenvalue weighted by molar-refractivity contribution is -0.155. The lowest BCUT2D eigenvalue weighted by atomic mass is 10.1. The van der Waals surface area contributed by atoms with E-state index < -0.39 is 30.2 Å². The molecule has 7 nitrogen and oxygen atoms in total. The van der Waals surface area contributed by atoms with Gasteiger partial charge in [0, 0.05) is 13.0 Å². The lowest BCUT2D eigenvalue weighted by Gasteiger charge is -2.25. The maximum Gasteiger partial charge on any atom is 0.411 e. The minimum absolute atomic E-state index is 0.0804. The number of carbonyl (C=O) groups is 3. The Kier molecular flexibility index (Phi) is 7.43. The number of hydrogen-bond donors (Lipinski definition) is 0. The summed E-state index contributed by atoms with van der Waals surface area (Å²) < 4.78 is 15.7. The van der Waals surface area contributed by atoms with E-state index in [1.807, 2.05) is 60.7 Å². The molecule has 1 heterocycles. The van der Waals surface area contributed by atoms with E-state index >= 15 is 0 Å². The molecule has 158 valence electrons. The van der Waals surface area contributed by atoms with E-state index in [1.165, 1.54) is 12.0 Å². The minimum atomic E-state index is -1.12. The molecule has 0 saturated carbocycles. The standard InChI is InChI=1S/C23H25NO6/c1-28-21(25)19-13-8-14-24(19)23(27)30-20(15-17-9-4-2-5-10-17)22(26)29-16-18-11-6-3-7-12-18/h2-7,9-12,19-20H,8,13-16H2,1H3/t19-,20?/m0/s1. The Balaban J connectivity index is 1.69. The molecule has 1 saturated heterocycles. The van der Waals surface area contributed by atoms with Gasteiger partial charge in [0.05, 0.1) is 7.11 Å². The molecule has 1 amide bonds. The molecule has 1 aliphatic heterocycles. The second-order valence-corrected chi connectivity index (χ2v) is 7.03. The average Bonchev–Trinajstić information content (AvgIpc) is 3.28. The molecule has 1 unspecified atom stereocenters. The average molecular weight is 411 g/mol. The van der Waals surface area contributed by atoms with Crippen molar-refractivity contribution in [2.24, 2.45) is 0 Å². The molecule has 3 rings (SSSR count). The van der Waals surface area contributed by atoms with Crippen LogP contribution in [0.3, 0.4) is 0 Å². The van der Waals surface area contributed by atoms with Crippen molar-refractivity contribution in [1.29, 1.82) is 0 Å². The van der Waals surface area contributed by atoms with Crippen LogP contribution in [0.5, 0.6) is 0 Å². The molecule has 1 fully saturated rings.